The van der Waals surface area contributed by atoms with Crippen LogP contribution in [-0.4, -0.2) is 51.2 Å². The molecule has 0 radical (unpaired) electrons. The maximum Gasteiger partial charge on any atom is 0.191 e. The van der Waals surface area contributed by atoms with Crippen LogP contribution in [0.3, 0.4) is 0 Å². The molecule has 1 aliphatic rings. The van der Waals surface area contributed by atoms with E-state index in [0.717, 1.165) is 25.5 Å². The summed E-state index contributed by atoms with van der Waals surface area (Å²) in [5, 5.41) is 6.83. The zero-order valence-electron chi connectivity index (χ0n) is 15.9. The van der Waals surface area contributed by atoms with Gasteiger partial charge in [-0.1, -0.05) is 37.1 Å². The molecular formula is C20H34N4O. The fourth-order valence-corrected chi connectivity index (χ4v) is 3.30. The molecule has 1 aromatic carbocycles. The molecule has 0 amide bonds. The first kappa shape index (κ1) is 19.7. The molecule has 5 nitrogen and oxygen atoms in total. The van der Waals surface area contributed by atoms with Crippen molar-refractivity contribution in [3.05, 3.63) is 35.4 Å². The molecule has 1 aliphatic heterocycles. The number of guanidine groups is 1. The summed E-state index contributed by atoms with van der Waals surface area (Å²) in [6.45, 7) is 6.06. The molecule has 2 rings (SSSR count). The summed E-state index contributed by atoms with van der Waals surface area (Å²) in [7, 11) is 3.56. The van der Waals surface area contributed by atoms with Gasteiger partial charge in [0.2, 0.25) is 0 Å². The van der Waals surface area contributed by atoms with Crippen LogP contribution in [0.25, 0.3) is 0 Å². The SMILES string of the molecule is CN=C(NCCCN1CCCCCC1)NCc1ccccc1COC. The molecule has 1 fully saturated rings. The van der Waals surface area contributed by atoms with Gasteiger partial charge >= 0.3 is 0 Å². The molecule has 0 bridgehead atoms. The van der Waals surface area contributed by atoms with E-state index in [1.165, 1.54) is 56.4 Å². The van der Waals surface area contributed by atoms with E-state index in [1.54, 1.807) is 7.11 Å². The highest BCUT2D eigenvalue weighted by molar-refractivity contribution is 5.79. The molecule has 0 spiro atoms. The number of nitrogens with zero attached hydrogens (tertiary/aromatic N) is 2. The van der Waals surface area contributed by atoms with Gasteiger partial charge in [-0.15, -0.1) is 0 Å². The van der Waals surface area contributed by atoms with Crippen molar-refractivity contribution in [3.63, 3.8) is 0 Å². The highest BCUT2D eigenvalue weighted by Gasteiger charge is 2.08. The highest BCUT2D eigenvalue weighted by atomic mass is 16.5. The molecule has 1 aromatic rings. The third-order valence-corrected chi connectivity index (χ3v) is 4.73. The Balaban J connectivity index is 1.68. The topological polar surface area (TPSA) is 48.9 Å². The average molecular weight is 347 g/mol. The first-order valence-corrected chi connectivity index (χ1v) is 9.56. The van der Waals surface area contributed by atoms with Gasteiger partial charge in [0.1, 0.15) is 0 Å². The van der Waals surface area contributed by atoms with Gasteiger partial charge in [0.25, 0.3) is 0 Å². The standard InChI is InChI=1S/C20H34N4O/c1-21-20(22-12-9-15-24-13-7-3-4-8-14-24)23-16-18-10-5-6-11-19(18)17-25-2/h5-6,10-11H,3-4,7-9,12-17H2,1-2H3,(H2,21,22,23). The average Bonchev–Trinajstić information content (AvgIpc) is 2.91. The Kier molecular flexibility index (Phi) is 9.37. The normalized spacial score (nSPS) is 16.5. The molecule has 1 saturated heterocycles. The van der Waals surface area contributed by atoms with Gasteiger partial charge in [-0.2, -0.15) is 0 Å². The predicted molar refractivity (Wildman–Crippen MR) is 105 cm³/mol. The smallest absolute Gasteiger partial charge is 0.191 e. The third-order valence-electron chi connectivity index (χ3n) is 4.73. The molecular weight excluding hydrogens is 312 g/mol. The summed E-state index contributed by atoms with van der Waals surface area (Å²) in [5.74, 6) is 0.864. The van der Waals surface area contributed by atoms with E-state index >= 15 is 0 Å². The van der Waals surface area contributed by atoms with Gasteiger partial charge in [-0.05, 0) is 50.0 Å². The summed E-state index contributed by atoms with van der Waals surface area (Å²) in [6.07, 6.45) is 6.67. The van der Waals surface area contributed by atoms with Crippen LogP contribution in [0.2, 0.25) is 0 Å². The Hall–Kier alpha value is -1.59. The lowest BCUT2D eigenvalue weighted by Gasteiger charge is -2.20. The third kappa shape index (κ3) is 7.45. The number of nitrogens with one attached hydrogen (secondary N) is 2. The fraction of sp³-hybridized carbons (Fsp3) is 0.650. The van der Waals surface area contributed by atoms with Crippen LogP contribution in [0.4, 0.5) is 0 Å². The van der Waals surface area contributed by atoms with Crippen LogP contribution in [0.15, 0.2) is 29.3 Å². The number of aliphatic imine (C=N–C) groups is 1. The Morgan fingerprint density at radius 2 is 1.80 bits per heavy atom. The Bertz CT molecular complexity index is 510. The van der Waals surface area contributed by atoms with E-state index in [2.05, 4.69) is 38.7 Å². The van der Waals surface area contributed by atoms with Gasteiger partial charge < -0.3 is 20.3 Å². The quantitative estimate of drug-likeness (QED) is 0.432. The molecule has 2 N–H and O–H groups in total. The second kappa shape index (κ2) is 11.9. The molecule has 0 aliphatic carbocycles. The van der Waals surface area contributed by atoms with Crippen molar-refractivity contribution >= 4 is 5.96 Å². The van der Waals surface area contributed by atoms with Crippen LogP contribution in [0.5, 0.6) is 0 Å². The maximum atomic E-state index is 5.27. The Morgan fingerprint density at radius 3 is 2.48 bits per heavy atom. The number of methoxy groups -OCH3 is 1. The number of hydrogen-bond acceptors (Lipinski definition) is 3. The van der Waals surface area contributed by atoms with E-state index in [4.69, 9.17) is 4.74 Å². The van der Waals surface area contributed by atoms with Crippen molar-refractivity contribution < 1.29 is 4.74 Å². The molecule has 140 valence electrons. The van der Waals surface area contributed by atoms with Crippen LogP contribution >= 0.6 is 0 Å². The van der Waals surface area contributed by atoms with Crippen LogP contribution < -0.4 is 10.6 Å². The summed E-state index contributed by atoms with van der Waals surface area (Å²) in [5.41, 5.74) is 2.46. The monoisotopic (exact) mass is 346 g/mol. The lowest BCUT2D eigenvalue weighted by atomic mass is 10.1. The van der Waals surface area contributed by atoms with Gasteiger partial charge in [-0.3, -0.25) is 4.99 Å². The molecule has 1 heterocycles. The van der Waals surface area contributed by atoms with E-state index in [0.29, 0.717) is 6.61 Å². The van der Waals surface area contributed by atoms with E-state index in [9.17, 15) is 0 Å². The lowest BCUT2D eigenvalue weighted by molar-refractivity contribution is 0.184. The maximum absolute atomic E-state index is 5.27. The minimum Gasteiger partial charge on any atom is -0.380 e. The number of benzene rings is 1. The zero-order chi connectivity index (χ0) is 17.7. The van der Waals surface area contributed by atoms with Gasteiger partial charge in [0.05, 0.1) is 6.61 Å². The number of ether oxygens (including phenoxy) is 1. The van der Waals surface area contributed by atoms with Gasteiger partial charge in [0.15, 0.2) is 5.96 Å². The van der Waals surface area contributed by atoms with Crippen molar-refractivity contribution in [1.29, 1.82) is 0 Å². The number of rotatable bonds is 8. The highest BCUT2D eigenvalue weighted by Crippen LogP contribution is 2.10. The van der Waals surface area contributed by atoms with Crippen molar-refractivity contribution in [3.8, 4) is 0 Å². The summed E-state index contributed by atoms with van der Waals surface area (Å²) in [4.78, 5) is 6.93. The largest absolute Gasteiger partial charge is 0.380 e. The minimum atomic E-state index is 0.639. The molecule has 5 heteroatoms. The number of hydrogen-bond donors (Lipinski definition) is 2. The van der Waals surface area contributed by atoms with Crippen molar-refractivity contribution in [2.75, 3.05) is 40.3 Å². The van der Waals surface area contributed by atoms with E-state index in [1.807, 2.05) is 13.1 Å². The lowest BCUT2D eigenvalue weighted by Crippen LogP contribution is -2.38. The second-order valence-corrected chi connectivity index (χ2v) is 6.66. The minimum absolute atomic E-state index is 0.639. The first-order valence-electron chi connectivity index (χ1n) is 9.56. The first-order chi connectivity index (χ1) is 12.3. The molecule has 0 atom stereocenters. The predicted octanol–water partition coefficient (Wildman–Crippen LogP) is 2.76. The van der Waals surface area contributed by atoms with Crippen molar-refractivity contribution in [2.24, 2.45) is 4.99 Å². The summed E-state index contributed by atoms with van der Waals surface area (Å²) >= 11 is 0. The second-order valence-electron chi connectivity index (χ2n) is 6.66. The zero-order valence-corrected chi connectivity index (χ0v) is 15.9. The number of likely N-dealkylation sites (tertiary alicyclic amines) is 1. The molecule has 25 heavy (non-hydrogen) atoms. The summed E-state index contributed by atoms with van der Waals surface area (Å²) in [6, 6.07) is 8.35. The Labute approximate surface area is 152 Å². The van der Waals surface area contributed by atoms with Crippen LogP contribution in [0, 0.1) is 0 Å². The van der Waals surface area contributed by atoms with Gasteiger partial charge in [0, 0.05) is 27.2 Å². The van der Waals surface area contributed by atoms with E-state index in [-0.39, 0.29) is 0 Å². The molecule has 0 aromatic heterocycles. The summed E-state index contributed by atoms with van der Waals surface area (Å²) < 4.78 is 5.27. The van der Waals surface area contributed by atoms with E-state index < -0.39 is 0 Å². The van der Waals surface area contributed by atoms with Crippen LogP contribution in [0.1, 0.15) is 43.2 Å². The van der Waals surface area contributed by atoms with Crippen molar-refractivity contribution in [2.45, 2.75) is 45.3 Å². The fourth-order valence-electron chi connectivity index (χ4n) is 3.30. The van der Waals surface area contributed by atoms with Gasteiger partial charge in [-0.25, -0.2) is 0 Å². The molecule has 0 unspecified atom stereocenters. The van der Waals surface area contributed by atoms with Crippen molar-refractivity contribution in [1.82, 2.24) is 15.5 Å². The Morgan fingerprint density at radius 1 is 1.08 bits per heavy atom. The van der Waals surface area contributed by atoms with Crippen LogP contribution in [-0.2, 0) is 17.9 Å². The molecule has 0 saturated carbocycles.